The first-order valence-corrected chi connectivity index (χ1v) is 11.7. The number of rotatable bonds is 3. The molecule has 1 saturated carbocycles. The number of phenols is 2. The molecule has 10 heteroatoms. The van der Waals surface area contributed by atoms with E-state index in [2.05, 4.69) is 15.3 Å². The van der Waals surface area contributed by atoms with Gasteiger partial charge in [0.05, 0.1) is 0 Å². The largest absolute Gasteiger partial charge is 2.00 e. The zero-order chi connectivity index (χ0) is 24.6. The molecule has 0 saturated heterocycles. The molecule has 3 heterocycles. The summed E-state index contributed by atoms with van der Waals surface area (Å²) >= 11 is 0. The molecule has 183 valence electrons. The van der Waals surface area contributed by atoms with Crippen LogP contribution in [0, 0.1) is 0 Å². The molecule has 2 N–H and O–H groups in total. The number of nitrogens with zero attached hydrogens (tertiary/aromatic N) is 6. The maximum absolute atomic E-state index is 8.63. The predicted molar refractivity (Wildman–Crippen MR) is 138 cm³/mol. The Morgan fingerprint density at radius 2 is 0.806 bits per heavy atom. The third-order valence-corrected chi connectivity index (χ3v) is 5.05. The number of aromatic hydroxyl groups is 2. The van der Waals surface area contributed by atoms with Gasteiger partial charge in [-0.3, -0.25) is 0 Å². The van der Waals surface area contributed by atoms with Crippen molar-refractivity contribution in [3.05, 3.63) is 116 Å². The zero-order valence-corrected chi connectivity index (χ0v) is 22.6. The van der Waals surface area contributed by atoms with Crippen LogP contribution in [0.4, 0.5) is 0 Å². The minimum atomic E-state index is -0.194. The molecule has 0 unspecified atom stereocenters. The van der Waals surface area contributed by atoms with Crippen LogP contribution >= 0.6 is 0 Å². The van der Waals surface area contributed by atoms with Gasteiger partial charge in [-0.05, 0) is 61.1 Å². The van der Waals surface area contributed by atoms with E-state index in [9.17, 15) is 0 Å². The predicted octanol–water partition coefficient (Wildman–Crippen LogP) is 4.94. The van der Waals surface area contributed by atoms with Crippen molar-refractivity contribution in [2.75, 3.05) is 0 Å². The first kappa shape index (κ1) is 28.9. The quantitative estimate of drug-likeness (QED) is 0.305. The van der Waals surface area contributed by atoms with E-state index in [-0.39, 0.29) is 33.3 Å². The van der Waals surface area contributed by atoms with Crippen LogP contribution in [0.3, 0.4) is 0 Å². The fourth-order valence-electron chi connectivity index (χ4n) is 3.36. The summed E-state index contributed by atoms with van der Waals surface area (Å²) in [6.07, 6.45) is 18.4. The number of phenolic OH excluding ortho intramolecular Hbond substituents is 2. The molecule has 1 fully saturated rings. The smallest absolute Gasteiger partial charge is 0.508 e. The number of aromatic nitrogens is 6. The van der Waals surface area contributed by atoms with E-state index < -0.39 is 0 Å². The topological polar surface area (TPSA) is 93.9 Å². The number of para-hydroxylation sites is 2. The van der Waals surface area contributed by atoms with E-state index in [4.69, 9.17) is 10.2 Å². The first-order chi connectivity index (χ1) is 17.2. The summed E-state index contributed by atoms with van der Waals surface area (Å²) < 4.78 is 5.38. The first-order valence-electron chi connectivity index (χ1n) is 11.7. The molecule has 0 atom stereocenters. The molecule has 1 aliphatic rings. The van der Waals surface area contributed by atoms with Crippen LogP contribution in [-0.2, 0) is 26.2 Å². The van der Waals surface area contributed by atoms with Gasteiger partial charge in [0.1, 0.15) is 11.5 Å². The summed E-state index contributed by atoms with van der Waals surface area (Å²) in [5.41, 5.74) is 0. The normalized spacial score (nSPS) is 11.6. The fourth-order valence-corrected chi connectivity index (χ4v) is 3.36. The van der Waals surface area contributed by atoms with Crippen molar-refractivity contribution in [2.24, 2.45) is 0 Å². The molecule has 2 aromatic carbocycles. The summed E-state index contributed by atoms with van der Waals surface area (Å²) in [5.74, 6) is 0.644. The van der Waals surface area contributed by atoms with Crippen molar-refractivity contribution in [3.63, 3.8) is 0 Å². The van der Waals surface area contributed by atoms with Gasteiger partial charge >= 0.3 is 26.2 Å². The Labute approximate surface area is 231 Å². The average molecular weight is 562 g/mol. The molecule has 36 heavy (non-hydrogen) atoms. The van der Waals surface area contributed by atoms with Crippen LogP contribution in [0.5, 0.6) is 11.5 Å². The molecular weight excluding hydrogens is 530 g/mol. The standard InChI is InChI=1S/C9H9BN6.2C6H6O.C5H10.Zr/c1-4-11-14(7-1)10(15-8-2-5-12-15)16-9-3-6-13-16;2*7-6-4-2-1-3-5-6;1-2-4-5-3-1;/h1-9H;2*1-5,7H;1-5H2;/q-1;;;;+2. The van der Waals surface area contributed by atoms with Crippen LogP contribution in [0.25, 0.3) is 0 Å². The minimum absolute atomic E-state index is 0. The third kappa shape index (κ3) is 10.5. The van der Waals surface area contributed by atoms with E-state index in [0.29, 0.717) is 11.5 Å². The summed E-state index contributed by atoms with van der Waals surface area (Å²) in [5, 5.41) is 29.9. The third-order valence-electron chi connectivity index (χ3n) is 5.05. The van der Waals surface area contributed by atoms with E-state index in [1.54, 1.807) is 80.9 Å². The van der Waals surface area contributed by atoms with Gasteiger partial charge < -0.3 is 24.0 Å². The monoisotopic (exact) mass is 560 g/mol. The second-order valence-electron chi connectivity index (χ2n) is 7.74. The van der Waals surface area contributed by atoms with Crippen molar-refractivity contribution >= 4 is 7.12 Å². The Hall–Kier alpha value is -3.38. The second kappa shape index (κ2) is 17.1. The molecule has 1 radical (unpaired) electrons. The Bertz CT molecular complexity index is 1010. The number of hydrogen-bond donors (Lipinski definition) is 2. The van der Waals surface area contributed by atoms with Gasteiger partial charge in [-0.25, -0.2) is 15.3 Å². The fraction of sp³-hybridized carbons (Fsp3) is 0.192. The molecule has 3 aromatic heterocycles. The van der Waals surface area contributed by atoms with Gasteiger partial charge in [0.2, 0.25) is 0 Å². The van der Waals surface area contributed by atoms with Crippen LogP contribution < -0.4 is 0 Å². The Balaban J connectivity index is 0.000000190. The Morgan fingerprint density at radius 3 is 1.00 bits per heavy atom. The molecule has 0 amide bonds. The average Bonchev–Trinajstić information content (AvgIpc) is 3.72. The molecular formula is C26H31BN6O2Zr+. The molecule has 5 aromatic rings. The summed E-state index contributed by atoms with van der Waals surface area (Å²) in [6, 6.07) is 23.1. The molecule has 0 aliphatic heterocycles. The Morgan fingerprint density at radius 1 is 0.500 bits per heavy atom. The van der Waals surface area contributed by atoms with Gasteiger partial charge in [0.15, 0.2) is 0 Å². The van der Waals surface area contributed by atoms with Gasteiger partial charge in [0.25, 0.3) is 7.12 Å². The molecule has 0 spiro atoms. The van der Waals surface area contributed by atoms with Crippen LogP contribution in [0.15, 0.2) is 116 Å². The SMILES string of the molecule is C1CCCC1.Oc1ccccc1.Oc1ccccc1.[Zr+2].c1cnn([B-](n2cccn2)n2cccn2)c1. The number of hydrogen-bond acceptors (Lipinski definition) is 5. The Kier molecular flexibility index (Phi) is 13.7. The second-order valence-corrected chi connectivity index (χ2v) is 7.74. The maximum Gasteiger partial charge on any atom is 2.00 e. The van der Waals surface area contributed by atoms with E-state index >= 15 is 0 Å². The van der Waals surface area contributed by atoms with Gasteiger partial charge in [-0.2, -0.15) is 0 Å². The van der Waals surface area contributed by atoms with Crippen LogP contribution in [-0.4, -0.2) is 46.4 Å². The number of benzene rings is 2. The molecule has 1 aliphatic carbocycles. The minimum Gasteiger partial charge on any atom is -0.508 e. The van der Waals surface area contributed by atoms with Crippen molar-refractivity contribution in [1.29, 1.82) is 0 Å². The molecule has 0 bridgehead atoms. The summed E-state index contributed by atoms with van der Waals surface area (Å²) in [7, 11) is -0.194. The van der Waals surface area contributed by atoms with E-state index in [0.717, 1.165) is 0 Å². The van der Waals surface area contributed by atoms with E-state index in [1.165, 1.54) is 32.1 Å². The van der Waals surface area contributed by atoms with Gasteiger partial charge in [-0.15, -0.1) is 0 Å². The zero-order valence-electron chi connectivity index (χ0n) is 20.2. The van der Waals surface area contributed by atoms with Crippen molar-refractivity contribution < 1.29 is 36.4 Å². The van der Waals surface area contributed by atoms with Crippen molar-refractivity contribution in [2.45, 2.75) is 32.1 Å². The van der Waals surface area contributed by atoms with Gasteiger partial charge in [0, 0.05) is 18.6 Å². The van der Waals surface area contributed by atoms with Crippen LogP contribution in [0.2, 0.25) is 0 Å². The van der Waals surface area contributed by atoms with E-state index in [1.807, 2.05) is 48.9 Å². The van der Waals surface area contributed by atoms with Crippen molar-refractivity contribution in [3.8, 4) is 11.5 Å². The summed E-state index contributed by atoms with van der Waals surface area (Å²) in [6.45, 7) is 0. The summed E-state index contributed by atoms with van der Waals surface area (Å²) in [4.78, 5) is 0. The van der Waals surface area contributed by atoms with Crippen LogP contribution in [0.1, 0.15) is 32.1 Å². The maximum atomic E-state index is 8.63. The van der Waals surface area contributed by atoms with Crippen molar-refractivity contribution in [1.82, 2.24) is 29.1 Å². The molecule has 8 nitrogen and oxygen atoms in total. The molecule has 6 rings (SSSR count). The van der Waals surface area contributed by atoms with Gasteiger partial charge in [-0.1, -0.05) is 68.5 Å².